The lowest BCUT2D eigenvalue weighted by molar-refractivity contribution is 0.0577. The van der Waals surface area contributed by atoms with E-state index in [-0.39, 0.29) is 11.9 Å². The molecule has 0 saturated carbocycles. The molecule has 1 aliphatic heterocycles. The van der Waals surface area contributed by atoms with Crippen molar-refractivity contribution >= 4 is 11.6 Å². The van der Waals surface area contributed by atoms with Gasteiger partial charge in [0, 0.05) is 18.0 Å². The molecule has 162 valence electrons. The van der Waals surface area contributed by atoms with Gasteiger partial charge < -0.3 is 14.6 Å². The van der Waals surface area contributed by atoms with Crippen molar-refractivity contribution in [3.05, 3.63) is 48.0 Å². The van der Waals surface area contributed by atoms with Gasteiger partial charge in [-0.15, -0.1) is 0 Å². The molecule has 4 heterocycles. The lowest BCUT2D eigenvalue weighted by Gasteiger charge is -2.20. The SMILES string of the molecule is COc1cc(-c2ccc3c(n2)[C@@H](C)N(c2cnn(CC(C)(C)O)c2)C3=O)cnc1OC. The zero-order valence-corrected chi connectivity index (χ0v) is 18.2. The number of rotatable bonds is 6. The molecule has 1 amide bonds. The van der Waals surface area contributed by atoms with Crippen molar-refractivity contribution in [2.75, 3.05) is 19.1 Å². The fraction of sp³-hybridized carbons (Fsp3) is 0.364. The highest BCUT2D eigenvalue weighted by Crippen LogP contribution is 2.38. The van der Waals surface area contributed by atoms with Gasteiger partial charge >= 0.3 is 0 Å². The molecule has 0 aromatic carbocycles. The lowest BCUT2D eigenvalue weighted by atomic mass is 10.1. The molecule has 1 aliphatic rings. The first-order valence-electron chi connectivity index (χ1n) is 9.89. The second-order valence-corrected chi connectivity index (χ2v) is 8.12. The molecule has 0 spiro atoms. The second kappa shape index (κ2) is 7.66. The first kappa shape index (κ1) is 20.8. The molecule has 0 saturated heterocycles. The van der Waals surface area contributed by atoms with Gasteiger partial charge in [0.15, 0.2) is 5.75 Å². The highest BCUT2D eigenvalue weighted by Gasteiger charge is 2.37. The van der Waals surface area contributed by atoms with Crippen LogP contribution in [0, 0.1) is 0 Å². The Labute approximate surface area is 180 Å². The fourth-order valence-electron chi connectivity index (χ4n) is 3.74. The molecular weight excluding hydrogens is 398 g/mol. The van der Waals surface area contributed by atoms with Crippen molar-refractivity contribution in [1.29, 1.82) is 0 Å². The van der Waals surface area contributed by atoms with E-state index in [1.807, 2.05) is 6.92 Å². The first-order chi connectivity index (χ1) is 14.7. The summed E-state index contributed by atoms with van der Waals surface area (Å²) in [6, 6.07) is 5.12. The standard InChI is InChI=1S/C22H25N5O4/c1-13-19-16(21(28)27(13)15-10-24-26(11-15)12-22(2,3)29)6-7-17(25-19)14-8-18(30-4)20(31-5)23-9-14/h6-11,13,29H,12H2,1-5H3/t13-/m1/s1. The summed E-state index contributed by atoms with van der Waals surface area (Å²) >= 11 is 0. The fourth-order valence-corrected chi connectivity index (χ4v) is 3.74. The topological polar surface area (TPSA) is 103 Å². The zero-order valence-electron chi connectivity index (χ0n) is 18.2. The van der Waals surface area contributed by atoms with Crippen molar-refractivity contribution in [2.24, 2.45) is 0 Å². The Balaban J connectivity index is 1.66. The second-order valence-electron chi connectivity index (χ2n) is 8.12. The molecule has 0 fully saturated rings. The quantitative estimate of drug-likeness (QED) is 0.650. The van der Waals surface area contributed by atoms with Crippen molar-refractivity contribution in [1.82, 2.24) is 19.7 Å². The molecule has 0 aliphatic carbocycles. The van der Waals surface area contributed by atoms with E-state index in [4.69, 9.17) is 14.5 Å². The Bertz CT molecular complexity index is 1140. The van der Waals surface area contributed by atoms with Gasteiger partial charge in [0.2, 0.25) is 0 Å². The van der Waals surface area contributed by atoms with E-state index in [1.165, 1.54) is 7.11 Å². The van der Waals surface area contributed by atoms with Crippen LogP contribution in [-0.4, -0.2) is 50.6 Å². The van der Waals surface area contributed by atoms with Crippen LogP contribution < -0.4 is 14.4 Å². The predicted molar refractivity (Wildman–Crippen MR) is 114 cm³/mol. The third-order valence-corrected chi connectivity index (χ3v) is 5.13. The monoisotopic (exact) mass is 423 g/mol. The van der Waals surface area contributed by atoms with Gasteiger partial charge in [-0.3, -0.25) is 14.4 Å². The number of carbonyl (C=O) groups excluding carboxylic acids is 1. The average molecular weight is 423 g/mol. The Morgan fingerprint density at radius 2 is 1.97 bits per heavy atom. The van der Waals surface area contributed by atoms with Crippen molar-refractivity contribution in [2.45, 2.75) is 39.0 Å². The van der Waals surface area contributed by atoms with Crippen LogP contribution in [0.4, 0.5) is 5.69 Å². The van der Waals surface area contributed by atoms with Crippen LogP contribution in [0.1, 0.15) is 42.9 Å². The number of hydrogen-bond acceptors (Lipinski definition) is 7. The van der Waals surface area contributed by atoms with Gasteiger partial charge in [-0.1, -0.05) is 0 Å². The molecule has 9 heteroatoms. The number of carbonyl (C=O) groups is 1. The van der Waals surface area contributed by atoms with E-state index in [9.17, 15) is 9.90 Å². The number of fused-ring (bicyclic) bond motifs is 1. The number of methoxy groups -OCH3 is 2. The number of aliphatic hydroxyl groups is 1. The maximum absolute atomic E-state index is 13.1. The van der Waals surface area contributed by atoms with Gasteiger partial charge in [-0.05, 0) is 39.0 Å². The van der Waals surface area contributed by atoms with E-state index in [1.54, 1.807) is 67.3 Å². The molecule has 9 nitrogen and oxygen atoms in total. The number of anilines is 1. The maximum atomic E-state index is 13.1. The number of hydrogen-bond donors (Lipinski definition) is 1. The normalized spacial score (nSPS) is 15.9. The molecular formula is C22H25N5O4. The van der Waals surface area contributed by atoms with Crippen molar-refractivity contribution in [3.8, 4) is 22.9 Å². The van der Waals surface area contributed by atoms with E-state index in [0.717, 1.165) is 5.56 Å². The van der Waals surface area contributed by atoms with Crippen LogP contribution >= 0.6 is 0 Å². The Morgan fingerprint density at radius 3 is 2.65 bits per heavy atom. The van der Waals surface area contributed by atoms with E-state index < -0.39 is 5.60 Å². The van der Waals surface area contributed by atoms with Crippen molar-refractivity contribution in [3.63, 3.8) is 0 Å². The number of aromatic nitrogens is 4. The van der Waals surface area contributed by atoms with Crippen LogP contribution in [0.3, 0.4) is 0 Å². The Morgan fingerprint density at radius 1 is 1.19 bits per heavy atom. The summed E-state index contributed by atoms with van der Waals surface area (Å²) < 4.78 is 12.2. The minimum absolute atomic E-state index is 0.130. The highest BCUT2D eigenvalue weighted by molar-refractivity contribution is 6.10. The Hall–Kier alpha value is -3.46. The van der Waals surface area contributed by atoms with Gasteiger partial charge in [0.25, 0.3) is 11.8 Å². The van der Waals surface area contributed by atoms with Crippen LogP contribution in [0.2, 0.25) is 0 Å². The predicted octanol–water partition coefficient (Wildman–Crippen LogP) is 2.85. The first-order valence-corrected chi connectivity index (χ1v) is 9.89. The van der Waals surface area contributed by atoms with E-state index in [2.05, 4.69) is 10.1 Å². The third kappa shape index (κ3) is 3.84. The van der Waals surface area contributed by atoms with E-state index in [0.29, 0.717) is 40.8 Å². The summed E-state index contributed by atoms with van der Waals surface area (Å²) in [5, 5.41) is 14.3. The lowest BCUT2D eigenvalue weighted by Crippen LogP contribution is -2.27. The van der Waals surface area contributed by atoms with E-state index >= 15 is 0 Å². The highest BCUT2D eigenvalue weighted by atomic mass is 16.5. The van der Waals surface area contributed by atoms with Gasteiger partial charge in [0.05, 0.1) is 61.2 Å². The van der Waals surface area contributed by atoms with Gasteiger partial charge in [0.1, 0.15) is 0 Å². The van der Waals surface area contributed by atoms with Crippen LogP contribution in [0.25, 0.3) is 11.3 Å². The van der Waals surface area contributed by atoms with Crippen molar-refractivity contribution < 1.29 is 19.4 Å². The number of pyridine rings is 2. The Kier molecular flexibility index (Phi) is 5.14. The molecule has 31 heavy (non-hydrogen) atoms. The molecule has 0 unspecified atom stereocenters. The summed E-state index contributed by atoms with van der Waals surface area (Å²) in [6.45, 7) is 5.68. The molecule has 3 aromatic heterocycles. The number of amides is 1. The van der Waals surface area contributed by atoms with Gasteiger partial charge in [-0.2, -0.15) is 5.10 Å². The molecule has 4 rings (SSSR count). The maximum Gasteiger partial charge on any atom is 0.260 e. The minimum Gasteiger partial charge on any atom is -0.491 e. The minimum atomic E-state index is -0.906. The zero-order chi connectivity index (χ0) is 22.3. The summed E-state index contributed by atoms with van der Waals surface area (Å²) in [4.78, 5) is 23.8. The smallest absolute Gasteiger partial charge is 0.260 e. The third-order valence-electron chi connectivity index (χ3n) is 5.13. The number of ether oxygens (including phenoxy) is 2. The summed E-state index contributed by atoms with van der Waals surface area (Å²) in [5.41, 5.74) is 2.45. The summed E-state index contributed by atoms with van der Waals surface area (Å²) in [7, 11) is 3.08. The molecule has 0 radical (unpaired) electrons. The average Bonchev–Trinajstić information content (AvgIpc) is 3.27. The van der Waals surface area contributed by atoms with Crippen LogP contribution in [-0.2, 0) is 6.54 Å². The van der Waals surface area contributed by atoms with Crippen LogP contribution in [0.15, 0.2) is 36.8 Å². The summed E-state index contributed by atoms with van der Waals surface area (Å²) in [6.07, 6.45) is 5.05. The summed E-state index contributed by atoms with van der Waals surface area (Å²) in [5.74, 6) is 0.771. The van der Waals surface area contributed by atoms with Gasteiger partial charge in [-0.25, -0.2) is 9.97 Å². The largest absolute Gasteiger partial charge is 0.491 e. The molecule has 0 bridgehead atoms. The molecule has 3 aromatic rings. The number of nitrogens with zero attached hydrogens (tertiary/aromatic N) is 5. The van der Waals surface area contributed by atoms with Crippen LogP contribution in [0.5, 0.6) is 11.6 Å². The molecule has 1 N–H and O–H groups in total. The molecule has 1 atom stereocenters.